The number of halogens is 2. The lowest BCUT2D eigenvalue weighted by atomic mass is 9.92. The molecule has 1 aromatic carbocycles. The van der Waals surface area contributed by atoms with Gasteiger partial charge in [0.1, 0.15) is 17.4 Å². The highest BCUT2D eigenvalue weighted by Gasteiger charge is 2.35. The van der Waals surface area contributed by atoms with Crippen molar-refractivity contribution in [1.82, 2.24) is 0 Å². The molecule has 0 bridgehead atoms. The second-order valence-corrected chi connectivity index (χ2v) is 4.28. The lowest BCUT2D eigenvalue weighted by molar-refractivity contribution is -0.118. The summed E-state index contributed by atoms with van der Waals surface area (Å²) in [6, 6.07) is 1.77. The number of Topliss-reactive ketones (excluding diaryl/α,β-unsaturated/α-hetero) is 1. The van der Waals surface area contributed by atoms with Crippen LogP contribution in [0.2, 0.25) is 0 Å². The lowest BCUT2D eigenvalue weighted by Crippen LogP contribution is -2.31. The fourth-order valence-corrected chi connectivity index (χ4v) is 2.26. The molecule has 0 spiro atoms. The maximum absolute atomic E-state index is 13.7. The smallest absolute Gasteiger partial charge is 0.150 e. The zero-order valence-electron chi connectivity index (χ0n) is 8.97. The number of hydrogen-bond acceptors (Lipinski definition) is 2. The van der Waals surface area contributed by atoms with E-state index < -0.39 is 23.6 Å². The van der Waals surface area contributed by atoms with Crippen LogP contribution in [0.15, 0.2) is 12.1 Å². The topological polar surface area (TPSA) is 43.1 Å². The van der Waals surface area contributed by atoms with Crippen molar-refractivity contribution in [3.63, 3.8) is 0 Å². The van der Waals surface area contributed by atoms with Crippen molar-refractivity contribution in [1.29, 1.82) is 0 Å². The van der Waals surface area contributed by atoms with Gasteiger partial charge in [-0.15, -0.1) is 0 Å². The van der Waals surface area contributed by atoms with Gasteiger partial charge >= 0.3 is 0 Å². The zero-order valence-corrected chi connectivity index (χ0v) is 8.97. The summed E-state index contributed by atoms with van der Waals surface area (Å²) < 4.78 is 27.3. The van der Waals surface area contributed by atoms with Crippen LogP contribution in [0.25, 0.3) is 0 Å². The van der Waals surface area contributed by atoms with E-state index in [-0.39, 0.29) is 11.3 Å². The van der Waals surface area contributed by atoms with Crippen molar-refractivity contribution in [3.8, 4) is 0 Å². The normalized spacial score (nSPS) is 25.1. The van der Waals surface area contributed by atoms with E-state index in [0.29, 0.717) is 18.4 Å². The van der Waals surface area contributed by atoms with Crippen molar-refractivity contribution in [2.45, 2.75) is 31.7 Å². The monoisotopic (exact) mass is 225 g/mol. The van der Waals surface area contributed by atoms with Gasteiger partial charge in [-0.2, -0.15) is 0 Å². The van der Waals surface area contributed by atoms with E-state index in [0.717, 1.165) is 0 Å². The zero-order chi connectivity index (χ0) is 11.9. The molecule has 1 aliphatic carbocycles. The second-order valence-electron chi connectivity index (χ2n) is 4.28. The first-order valence-corrected chi connectivity index (χ1v) is 5.24. The van der Waals surface area contributed by atoms with Crippen LogP contribution in [0.5, 0.6) is 0 Å². The van der Waals surface area contributed by atoms with E-state index >= 15 is 0 Å². The Morgan fingerprint density at radius 3 is 2.31 bits per heavy atom. The summed E-state index contributed by atoms with van der Waals surface area (Å²) in [5.41, 5.74) is 6.13. The van der Waals surface area contributed by atoms with E-state index in [4.69, 9.17) is 5.73 Å². The number of carbonyl (C=O) groups excluding carboxylic acids is 1. The average Bonchev–Trinajstić information content (AvgIpc) is 2.48. The summed E-state index contributed by atoms with van der Waals surface area (Å²) in [7, 11) is 0. The van der Waals surface area contributed by atoms with Crippen molar-refractivity contribution < 1.29 is 13.6 Å². The van der Waals surface area contributed by atoms with Gasteiger partial charge < -0.3 is 5.73 Å². The molecule has 0 amide bonds. The molecule has 16 heavy (non-hydrogen) atoms. The minimum Gasteiger partial charge on any atom is -0.321 e. The number of nitrogens with two attached hydrogens (primary N) is 1. The maximum atomic E-state index is 13.7. The van der Waals surface area contributed by atoms with E-state index in [9.17, 15) is 13.6 Å². The first-order valence-electron chi connectivity index (χ1n) is 5.24. The molecule has 4 heteroatoms. The van der Waals surface area contributed by atoms with Gasteiger partial charge in [-0.1, -0.05) is 0 Å². The molecule has 0 saturated heterocycles. The SMILES string of the molecule is Cc1cc(F)c(C2CCC(=O)[C@H]2N)c(F)c1. The molecule has 86 valence electrons. The molecule has 1 saturated carbocycles. The van der Waals surface area contributed by atoms with Crippen LogP contribution in [0.3, 0.4) is 0 Å². The summed E-state index contributed by atoms with van der Waals surface area (Å²) in [6.07, 6.45) is 0.732. The predicted molar refractivity (Wildman–Crippen MR) is 56.1 cm³/mol. The number of hydrogen-bond donors (Lipinski definition) is 1. The molecule has 2 N–H and O–H groups in total. The number of rotatable bonds is 1. The molecule has 0 aromatic heterocycles. The molecule has 1 aromatic rings. The van der Waals surface area contributed by atoms with Crippen molar-refractivity contribution in [3.05, 3.63) is 34.9 Å². The highest BCUT2D eigenvalue weighted by Crippen LogP contribution is 2.34. The fourth-order valence-electron chi connectivity index (χ4n) is 2.26. The third-order valence-corrected chi connectivity index (χ3v) is 3.10. The first kappa shape index (κ1) is 11.2. The van der Waals surface area contributed by atoms with Crippen LogP contribution in [0.1, 0.15) is 29.9 Å². The molecule has 1 unspecified atom stereocenters. The molecule has 0 heterocycles. The van der Waals surface area contributed by atoms with Crippen LogP contribution in [-0.2, 0) is 4.79 Å². The van der Waals surface area contributed by atoms with Gasteiger partial charge in [0.15, 0.2) is 0 Å². The second kappa shape index (κ2) is 3.94. The third kappa shape index (κ3) is 1.73. The van der Waals surface area contributed by atoms with Crippen LogP contribution in [0, 0.1) is 18.6 Å². The Morgan fingerprint density at radius 2 is 1.88 bits per heavy atom. The molecule has 0 radical (unpaired) electrons. The van der Waals surface area contributed by atoms with Gasteiger partial charge in [0, 0.05) is 17.9 Å². The predicted octanol–water partition coefficient (Wildman–Crippen LogP) is 2.05. The Balaban J connectivity index is 2.45. The van der Waals surface area contributed by atoms with Gasteiger partial charge in [-0.05, 0) is 31.0 Å². The Kier molecular flexibility index (Phi) is 2.76. The largest absolute Gasteiger partial charge is 0.321 e. The minimum atomic E-state index is -0.772. The van der Waals surface area contributed by atoms with Gasteiger partial charge in [-0.3, -0.25) is 4.79 Å². The van der Waals surface area contributed by atoms with Gasteiger partial charge in [0.25, 0.3) is 0 Å². The lowest BCUT2D eigenvalue weighted by Gasteiger charge is -2.16. The van der Waals surface area contributed by atoms with Crippen molar-refractivity contribution >= 4 is 5.78 Å². The number of aryl methyl sites for hydroxylation is 1. The van der Waals surface area contributed by atoms with Crippen molar-refractivity contribution in [2.24, 2.45) is 5.73 Å². The first-order chi connectivity index (χ1) is 7.50. The fraction of sp³-hybridized carbons (Fsp3) is 0.417. The summed E-state index contributed by atoms with van der Waals surface area (Å²) >= 11 is 0. The Morgan fingerprint density at radius 1 is 1.31 bits per heavy atom. The molecule has 2 rings (SSSR count). The average molecular weight is 225 g/mol. The standard InChI is InChI=1S/C12H13F2NO/c1-6-4-8(13)11(9(14)5-6)7-2-3-10(16)12(7)15/h4-5,7,12H,2-3,15H2,1H3/t7?,12-/m0/s1. The van der Waals surface area contributed by atoms with Gasteiger partial charge in [0.2, 0.25) is 0 Å². The number of ketones is 1. The Bertz CT molecular complexity index is 422. The van der Waals surface area contributed by atoms with Crippen LogP contribution < -0.4 is 5.73 Å². The van der Waals surface area contributed by atoms with Crippen LogP contribution in [-0.4, -0.2) is 11.8 Å². The maximum Gasteiger partial charge on any atom is 0.150 e. The quantitative estimate of drug-likeness (QED) is 0.794. The highest BCUT2D eigenvalue weighted by molar-refractivity contribution is 5.87. The van der Waals surface area contributed by atoms with Crippen LogP contribution >= 0.6 is 0 Å². The Labute approximate surface area is 92.4 Å². The minimum absolute atomic E-state index is 0.0380. The summed E-state index contributed by atoms with van der Waals surface area (Å²) in [4.78, 5) is 11.3. The van der Waals surface area contributed by atoms with Gasteiger partial charge in [0.05, 0.1) is 6.04 Å². The van der Waals surface area contributed by atoms with E-state index in [2.05, 4.69) is 0 Å². The van der Waals surface area contributed by atoms with Crippen LogP contribution in [0.4, 0.5) is 8.78 Å². The third-order valence-electron chi connectivity index (χ3n) is 3.10. The highest BCUT2D eigenvalue weighted by atomic mass is 19.1. The van der Waals surface area contributed by atoms with Gasteiger partial charge in [-0.25, -0.2) is 8.78 Å². The molecule has 0 aliphatic heterocycles. The summed E-state index contributed by atoms with van der Waals surface area (Å²) in [5, 5.41) is 0. The number of benzene rings is 1. The summed E-state index contributed by atoms with van der Waals surface area (Å²) in [5.74, 6) is -1.85. The molecule has 2 atom stereocenters. The molecule has 1 fully saturated rings. The Hall–Kier alpha value is -1.29. The molecule has 1 aliphatic rings. The molecular weight excluding hydrogens is 212 g/mol. The molecule has 2 nitrogen and oxygen atoms in total. The van der Waals surface area contributed by atoms with E-state index in [1.807, 2.05) is 0 Å². The van der Waals surface area contributed by atoms with Crippen molar-refractivity contribution in [2.75, 3.05) is 0 Å². The van der Waals surface area contributed by atoms with E-state index in [1.165, 1.54) is 12.1 Å². The van der Waals surface area contributed by atoms with E-state index in [1.54, 1.807) is 6.92 Å². The summed E-state index contributed by atoms with van der Waals surface area (Å²) in [6.45, 7) is 1.62. The number of carbonyl (C=O) groups is 1. The molecular formula is C12H13F2NO.